The number of rotatable bonds is 3. The fraction of sp³-hybridized carbons (Fsp3) is 0.0833. The number of aromatic nitrogens is 1. The Hall–Kier alpha value is -1.29. The van der Waals surface area contributed by atoms with Gasteiger partial charge in [0.2, 0.25) is 0 Å². The quantitative estimate of drug-likeness (QED) is 0.925. The number of hydrogen-bond donors (Lipinski definition) is 1. The van der Waals surface area contributed by atoms with Crippen LogP contribution in [-0.4, -0.2) is 4.98 Å². The predicted molar refractivity (Wildman–Crippen MR) is 68.7 cm³/mol. The molecule has 1 aromatic carbocycles. The molecule has 1 heterocycles. The maximum Gasteiger partial charge on any atom is 0.147 e. The van der Waals surface area contributed by atoms with Crippen LogP contribution in [0.4, 0.5) is 0 Å². The number of pyridine rings is 1. The van der Waals surface area contributed by atoms with Crippen LogP contribution in [0.15, 0.2) is 36.7 Å². The number of hydrogen-bond acceptors (Lipinski definition) is 3. The lowest BCUT2D eigenvalue weighted by Gasteiger charge is -2.08. The van der Waals surface area contributed by atoms with E-state index in [1.807, 2.05) is 6.07 Å². The highest BCUT2D eigenvalue weighted by atomic mass is 35.5. The van der Waals surface area contributed by atoms with Crippen molar-refractivity contribution < 1.29 is 4.74 Å². The summed E-state index contributed by atoms with van der Waals surface area (Å²) in [6.07, 6.45) is 3.10. The van der Waals surface area contributed by atoms with Crippen molar-refractivity contribution in [2.24, 2.45) is 5.73 Å². The summed E-state index contributed by atoms with van der Waals surface area (Å²) >= 11 is 11.9. The molecule has 0 spiro atoms. The van der Waals surface area contributed by atoms with Crippen molar-refractivity contribution in [3.63, 3.8) is 0 Å². The lowest BCUT2D eigenvalue weighted by Crippen LogP contribution is -1.96. The first-order valence-electron chi connectivity index (χ1n) is 4.96. The highest BCUT2D eigenvalue weighted by Gasteiger charge is 2.04. The zero-order valence-electron chi connectivity index (χ0n) is 8.86. The highest BCUT2D eigenvalue weighted by molar-refractivity contribution is 6.32. The van der Waals surface area contributed by atoms with E-state index in [1.165, 1.54) is 6.20 Å². The molecule has 2 rings (SSSR count). The van der Waals surface area contributed by atoms with Gasteiger partial charge in [-0.1, -0.05) is 29.3 Å². The Balaban J connectivity index is 2.24. The molecule has 0 saturated heterocycles. The minimum atomic E-state index is 0.443. The van der Waals surface area contributed by atoms with Gasteiger partial charge in [0.05, 0.1) is 16.2 Å². The van der Waals surface area contributed by atoms with Gasteiger partial charge < -0.3 is 10.5 Å². The Kier molecular flexibility index (Phi) is 3.84. The van der Waals surface area contributed by atoms with Crippen LogP contribution in [0.25, 0.3) is 0 Å². The third-order valence-corrected chi connectivity index (χ3v) is 2.64. The zero-order chi connectivity index (χ0) is 12.3. The van der Waals surface area contributed by atoms with Gasteiger partial charge in [0.15, 0.2) is 0 Å². The van der Waals surface area contributed by atoms with Crippen LogP contribution in [0.5, 0.6) is 11.5 Å². The third-order valence-electron chi connectivity index (χ3n) is 2.14. The van der Waals surface area contributed by atoms with Crippen molar-refractivity contribution in [1.29, 1.82) is 0 Å². The second-order valence-electron chi connectivity index (χ2n) is 3.41. The molecule has 0 unspecified atom stereocenters. The molecule has 0 atom stereocenters. The standard InChI is InChI=1S/C12H10Cl2N2O/c13-9-4-10(7-16-6-9)17-12-2-1-8(5-15)3-11(12)14/h1-4,6-7H,5,15H2. The second kappa shape index (κ2) is 5.36. The predicted octanol–water partition coefficient (Wildman–Crippen LogP) is 3.64. The highest BCUT2D eigenvalue weighted by Crippen LogP contribution is 2.30. The Morgan fingerprint density at radius 1 is 1.18 bits per heavy atom. The number of halogens is 2. The van der Waals surface area contributed by atoms with Crippen LogP contribution in [0, 0.1) is 0 Å². The van der Waals surface area contributed by atoms with Crippen molar-refractivity contribution >= 4 is 23.2 Å². The monoisotopic (exact) mass is 268 g/mol. The number of ether oxygens (including phenoxy) is 1. The molecule has 2 aromatic rings. The Labute approximate surface area is 109 Å². The third kappa shape index (κ3) is 3.09. The molecule has 88 valence electrons. The maximum absolute atomic E-state index is 6.06. The smallest absolute Gasteiger partial charge is 0.147 e. The van der Waals surface area contributed by atoms with E-state index >= 15 is 0 Å². The van der Waals surface area contributed by atoms with Crippen LogP contribution in [0.3, 0.4) is 0 Å². The summed E-state index contributed by atoms with van der Waals surface area (Å²) in [5, 5.41) is 1.02. The molecule has 5 heteroatoms. The summed E-state index contributed by atoms with van der Waals surface area (Å²) in [6.45, 7) is 0.443. The summed E-state index contributed by atoms with van der Waals surface area (Å²) in [5.74, 6) is 1.09. The van der Waals surface area contributed by atoms with Gasteiger partial charge in [-0.2, -0.15) is 0 Å². The topological polar surface area (TPSA) is 48.1 Å². The lowest BCUT2D eigenvalue weighted by atomic mass is 10.2. The van der Waals surface area contributed by atoms with Gasteiger partial charge in [-0.05, 0) is 17.7 Å². The van der Waals surface area contributed by atoms with Crippen molar-refractivity contribution in [2.45, 2.75) is 6.54 Å². The molecule has 0 amide bonds. The molecule has 0 fully saturated rings. The van der Waals surface area contributed by atoms with Crippen LogP contribution < -0.4 is 10.5 Å². The molecule has 0 aliphatic carbocycles. The van der Waals surface area contributed by atoms with E-state index in [1.54, 1.807) is 24.4 Å². The van der Waals surface area contributed by atoms with Gasteiger partial charge in [0, 0.05) is 18.8 Å². The van der Waals surface area contributed by atoms with Crippen LogP contribution in [0.2, 0.25) is 10.0 Å². The minimum Gasteiger partial charge on any atom is -0.454 e. The summed E-state index contributed by atoms with van der Waals surface area (Å²) in [4.78, 5) is 3.92. The van der Waals surface area contributed by atoms with Gasteiger partial charge in [0.1, 0.15) is 11.5 Å². The first kappa shape index (κ1) is 12.2. The SMILES string of the molecule is NCc1ccc(Oc2cncc(Cl)c2)c(Cl)c1. The van der Waals surface area contributed by atoms with Crippen molar-refractivity contribution in [3.8, 4) is 11.5 Å². The van der Waals surface area contributed by atoms with Crippen LogP contribution >= 0.6 is 23.2 Å². The van der Waals surface area contributed by atoms with Gasteiger partial charge in [0.25, 0.3) is 0 Å². The largest absolute Gasteiger partial charge is 0.454 e. The first-order chi connectivity index (χ1) is 8.19. The summed E-state index contributed by atoms with van der Waals surface area (Å²) < 4.78 is 5.57. The fourth-order valence-electron chi connectivity index (χ4n) is 1.33. The Bertz CT molecular complexity index is 532. The molecular weight excluding hydrogens is 259 g/mol. The number of benzene rings is 1. The summed E-state index contributed by atoms with van der Waals surface area (Å²) in [7, 11) is 0. The maximum atomic E-state index is 6.06. The van der Waals surface area contributed by atoms with Crippen molar-refractivity contribution in [1.82, 2.24) is 4.98 Å². The molecule has 3 nitrogen and oxygen atoms in total. The second-order valence-corrected chi connectivity index (χ2v) is 4.25. The molecule has 0 aliphatic heterocycles. The Morgan fingerprint density at radius 2 is 2.00 bits per heavy atom. The van der Waals surface area contributed by atoms with Gasteiger partial charge >= 0.3 is 0 Å². The van der Waals surface area contributed by atoms with Crippen molar-refractivity contribution in [2.75, 3.05) is 0 Å². The number of nitrogens with two attached hydrogens (primary N) is 1. The van der Waals surface area contributed by atoms with E-state index in [-0.39, 0.29) is 0 Å². The minimum absolute atomic E-state index is 0.443. The molecule has 1 aromatic heterocycles. The van der Waals surface area contributed by atoms with E-state index in [2.05, 4.69) is 4.98 Å². The Morgan fingerprint density at radius 3 is 2.65 bits per heavy atom. The van der Waals surface area contributed by atoms with E-state index in [9.17, 15) is 0 Å². The van der Waals surface area contributed by atoms with Gasteiger partial charge in [-0.3, -0.25) is 4.98 Å². The molecule has 0 bridgehead atoms. The van der Waals surface area contributed by atoms with Crippen molar-refractivity contribution in [3.05, 3.63) is 52.3 Å². The van der Waals surface area contributed by atoms with E-state index in [0.29, 0.717) is 28.1 Å². The molecular formula is C12H10Cl2N2O. The van der Waals surface area contributed by atoms with E-state index in [4.69, 9.17) is 33.7 Å². The fourth-order valence-corrected chi connectivity index (χ4v) is 1.73. The van der Waals surface area contributed by atoms with E-state index in [0.717, 1.165) is 5.56 Å². The van der Waals surface area contributed by atoms with E-state index < -0.39 is 0 Å². The normalized spacial score (nSPS) is 10.3. The lowest BCUT2D eigenvalue weighted by molar-refractivity contribution is 0.480. The number of nitrogens with zero attached hydrogens (tertiary/aromatic N) is 1. The summed E-state index contributed by atoms with van der Waals surface area (Å²) in [5.41, 5.74) is 6.46. The zero-order valence-corrected chi connectivity index (χ0v) is 10.4. The average Bonchev–Trinajstić information content (AvgIpc) is 2.32. The van der Waals surface area contributed by atoms with Crippen LogP contribution in [-0.2, 0) is 6.54 Å². The first-order valence-corrected chi connectivity index (χ1v) is 5.71. The summed E-state index contributed by atoms with van der Waals surface area (Å²) in [6, 6.07) is 7.07. The average molecular weight is 269 g/mol. The van der Waals surface area contributed by atoms with Crippen LogP contribution in [0.1, 0.15) is 5.56 Å². The molecule has 0 radical (unpaired) electrons. The van der Waals surface area contributed by atoms with Gasteiger partial charge in [-0.25, -0.2) is 0 Å². The van der Waals surface area contributed by atoms with Gasteiger partial charge in [-0.15, -0.1) is 0 Å². The molecule has 17 heavy (non-hydrogen) atoms. The molecule has 2 N–H and O–H groups in total. The molecule has 0 aliphatic rings. The molecule has 0 saturated carbocycles.